The van der Waals surface area contributed by atoms with E-state index in [0.717, 1.165) is 5.56 Å². The normalized spacial score (nSPS) is 23.9. The topological polar surface area (TPSA) is 57.6 Å². The van der Waals surface area contributed by atoms with Crippen LogP contribution in [0.15, 0.2) is 16.8 Å². The lowest BCUT2D eigenvalue weighted by atomic mass is 9.91. The monoisotopic (exact) mass is 267 g/mol. The maximum absolute atomic E-state index is 12.1. The molecule has 1 fully saturated rings. The van der Waals surface area contributed by atoms with Gasteiger partial charge in [-0.3, -0.25) is 9.59 Å². The molecule has 1 N–H and O–H groups in total. The van der Waals surface area contributed by atoms with Crippen LogP contribution in [0.25, 0.3) is 0 Å². The van der Waals surface area contributed by atoms with Gasteiger partial charge in [0.1, 0.15) is 0 Å². The summed E-state index contributed by atoms with van der Waals surface area (Å²) in [6.07, 6.45) is 1.55. The summed E-state index contributed by atoms with van der Waals surface area (Å²) >= 11 is 1.58. The Kier molecular flexibility index (Phi) is 4.01. The van der Waals surface area contributed by atoms with Gasteiger partial charge in [-0.2, -0.15) is 11.3 Å². The molecule has 1 aliphatic rings. The zero-order chi connectivity index (χ0) is 13.1. The molecule has 0 bridgehead atoms. The minimum atomic E-state index is -0.744. The fourth-order valence-corrected chi connectivity index (χ4v) is 3.10. The van der Waals surface area contributed by atoms with Gasteiger partial charge in [-0.25, -0.2) is 0 Å². The van der Waals surface area contributed by atoms with Gasteiger partial charge in [0, 0.05) is 12.6 Å². The molecule has 1 amide bonds. The van der Waals surface area contributed by atoms with E-state index in [9.17, 15) is 9.59 Å². The first kappa shape index (κ1) is 13.1. The van der Waals surface area contributed by atoms with Gasteiger partial charge in [-0.15, -0.1) is 0 Å². The van der Waals surface area contributed by atoms with Gasteiger partial charge in [0.15, 0.2) is 0 Å². The van der Waals surface area contributed by atoms with Crippen LogP contribution < -0.4 is 0 Å². The van der Waals surface area contributed by atoms with Crippen LogP contribution in [0.5, 0.6) is 0 Å². The summed E-state index contributed by atoms with van der Waals surface area (Å²) in [5.74, 6) is -0.943. The summed E-state index contributed by atoms with van der Waals surface area (Å²) in [6.45, 7) is 2.49. The van der Waals surface area contributed by atoms with E-state index < -0.39 is 5.97 Å². The summed E-state index contributed by atoms with van der Waals surface area (Å²) in [5, 5.41) is 12.9. The van der Waals surface area contributed by atoms with Crippen LogP contribution in [0.4, 0.5) is 0 Å². The molecule has 2 heterocycles. The number of carbonyl (C=O) groups is 2. The van der Waals surface area contributed by atoms with Gasteiger partial charge in [0.2, 0.25) is 5.91 Å². The van der Waals surface area contributed by atoms with E-state index >= 15 is 0 Å². The van der Waals surface area contributed by atoms with Crippen LogP contribution >= 0.6 is 11.3 Å². The number of nitrogens with zero attached hydrogens (tertiary/aromatic N) is 1. The highest BCUT2D eigenvalue weighted by atomic mass is 32.1. The first-order valence-electron chi connectivity index (χ1n) is 6.11. The van der Waals surface area contributed by atoms with Gasteiger partial charge in [-0.05, 0) is 42.2 Å². The number of piperidine rings is 1. The zero-order valence-electron chi connectivity index (χ0n) is 10.3. The Bertz CT molecular complexity index is 429. The van der Waals surface area contributed by atoms with Crippen LogP contribution in [-0.4, -0.2) is 34.5 Å². The number of hydrogen-bond donors (Lipinski definition) is 1. The Labute approximate surface area is 110 Å². The van der Waals surface area contributed by atoms with Crippen molar-refractivity contribution < 1.29 is 14.7 Å². The average Bonchev–Trinajstić information content (AvgIpc) is 2.81. The standard InChI is InChI=1S/C13H17NO3S/c1-9-6-11(13(16)17)2-4-14(9)12(15)7-10-3-5-18-8-10/h3,5,8-9,11H,2,4,6-7H2,1H3,(H,16,17). The Morgan fingerprint density at radius 2 is 2.33 bits per heavy atom. The number of thiophene rings is 1. The lowest BCUT2D eigenvalue weighted by molar-refractivity contribution is -0.147. The Morgan fingerprint density at radius 3 is 2.89 bits per heavy atom. The number of aliphatic carboxylic acids is 1. The molecule has 2 atom stereocenters. The molecule has 0 radical (unpaired) electrons. The van der Waals surface area contributed by atoms with Crippen molar-refractivity contribution in [3.05, 3.63) is 22.4 Å². The summed E-state index contributed by atoms with van der Waals surface area (Å²) in [6, 6.07) is 1.98. The Morgan fingerprint density at radius 1 is 1.56 bits per heavy atom. The minimum absolute atomic E-state index is 0.0194. The van der Waals surface area contributed by atoms with E-state index in [2.05, 4.69) is 0 Å². The second kappa shape index (κ2) is 5.52. The highest BCUT2D eigenvalue weighted by molar-refractivity contribution is 7.07. The van der Waals surface area contributed by atoms with Crippen molar-refractivity contribution >= 4 is 23.2 Å². The lowest BCUT2D eigenvalue weighted by Gasteiger charge is -2.36. The molecular weight excluding hydrogens is 250 g/mol. The number of hydrogen-bond acceptors (Lipinski definition) is 3. The predicted molar refractivity (Wildman–Crippen MR) is 69.6 cm³/mol. The molecule has 0 spiro atoms. The van der Waals surface area contributed by atoms with Gasteiger partial charge in [-0.1, -0.05) is 0 Å². The van der Waals surface area contributed by atoms with Crippen molar-refractivity contribution in [1.29, 1.82) is 0 Å². The third-order valence-corrected chi connectivity index (χ3v) is 4.21. The fourth-order valence-electron chi connectivity index (χ4n) is 2.44. The summed E-state index contributed by atoms with van der Waals surface area (Å²) in [7, 11) is 0. The lowest BCUT2D eigenvalue weighted by Crippen LogP contribution is -2.46. The molecular formula is C13H17NO3S. The molecule has 18 heavy (non-hydrogen) atoms. The molecule has 0 aliphatic carbocycles. The fraction of sp³-hybridized carbons (Fsp3) is 0.538. The molecule has 0 aromatic carbocycles. The first-order chi connectivity index (χ1) is 8.58. The molecule has 4 nitrogen and oxygen atoms in total. The smallest absolute Gasteiger partial charge is 0.306 e. The quantitative estimate of drug-likeness (QED) is 0.911. The molecule has 1 aromatic rings. The second-order valence-electron chi connectivity index (χ2n) is 4.80. The van der Waals surface area contributed by atoms with Gasteiger partial charge in [0.05, 0.1) is 12.3 Å². The molecule has 1 aliphatic heterocycles. The maximum Gasteiger partial charge on any atom is 0.306 e. The number of carboxylic acids is 1. The van der Waals surface area contributed by atoms with Crippen molar-refractivity contribution in [2.45, 2.75) is 32.2 Å². The van der Waals surface area contributed by atoms with E-state index in [1.54, 1.807) is 11.3 Å². The summed E-state index contributed by atoms with van der Waals surface area (Å²) < 4.78 is 0. The SMILES string of the molecule is CC1CC(C(=O)O)CCN1C(=O)Cc1ccsc1. The van der Waals surface area contributed by atoms with Crippen molar-refractivity contribution in [2.24, 2.45) is 5.92 Å². The second-order valence-corrected chi connectivity index (χ2v) is 5.58. The van der Waals surface area contributed by atoms with E-state index in [-0.39, 0.29) is 17.9 Å². The van der Waals surface area contributed by atoms with E-state index in [1.807, 2.05) is 28.7 Å². The first-order valence-corrected chi connectivity index (χ1v) is 7.05. The third-order valence-electron chi connectivity index (χ3n) is 3.48. The highest BCUT2D eigenvalue weighted by Gasteiger charge is 2.31. The van der Waals surface area contributed by atoms with Crippen molar-refractivity contribution in [3.63, 3.8) is 0 Å². The Balaban J connectivity index is 1.94. The number of carboxylic acid groups (broad SMARTS) is 1. The molecule has 1 aromatic heterocycles. The van der Waals surface area contributed by atoms with E-state index in [1.165, 1.54) is 0 Å². The maximum atomic E-state index is 12.1. The molecule has 2 rings (SSSR count). The van der Waals surface area contributed by atoms with Crippen LogP contribution in [0.1, 0.15) is 25.3 Å². The zero-order valence-corrected chi connectivity index (χ0v) is 11.2. The highest BCUT2D eigenvalue weighted by Crippen LogP contribution is 2.23. The largest absolute Gasteiger partial charge is 0.481 e. The van der Waals surface area contributed by atoms with Crippen molar-refractivity contribution in [2.75, 3.05) is 6.54 Å². The third kappa shape index (κ3) is 2.90. The summed E-state index contributed by atoms with van der Waals surface area (Å²) in [5.41, 5.74) is 1.04. The number of amides is 1. The van der Waals surface area contributed by atoms with Crippen LogP contribution in [0.2, 0.25) is 0 Å². The summed E-state index contributed by atoms with van der Waals surface area (Å²) in [4.78, 5) is 24.9. The van der Waals surface area contributed by atoms with Gasteiger partial charge < -0.3 is 10.0 Å². The van der Waals surface area contributed by atoms with Crippen LogP contribution in [0.3, 0.4) is 0 Å². The number of likely N-dealkylation sites (tertiary alicyclic amines) is 1. The van der Waals surface area contributed by atoms with Crippen molar-refractivity contribution in [3.8, 4) is 0 Å². The van der Waals surface area contributed by atoms with E-state index in [0.29, 0.717) is 25.8 Å². The molecule has 5 heteroatoms. The van der Waals surface area contributed by atoms with E-state index in [4.69, 9.17) is 5.11 Å². The number of rotatable bonds is 3. The number of carbonyl (C=O) groups excluding carboxylic acids is 1. The minimum Gasteiger partial charge on any atom is -0.481 e. The van der Waals surface area contributed by atoms with Gasteiger partial charge >= 0.3 is 5.97 Å². The Hall–Kier alpha value is -1.36. The molecule has 2 unspecified atom stereocenters. The molecule has 98 valence electrons. The van der Waals surface area contributed by atoms with Crippen molar-refractivity contribution in [1.82, 2.24) is 4.90 Å². The molecule has 0 saturated carbocycles. The van der Waals surface area contributed by atoms with Crippen LogP contribution in [-0.2, 0) is 16.0 Å². The predicted octanol–water partition coefficient (Wildman–Crippen LogP) is 2.00. The molecule has 1 saturated heterocycles. The van der Waals surface area contributed by atoms with Gasteiger partial charge in [0.25, 0.3) is 0 Å². The van der Waals surface area contributed by atoms with Crippen LogP contribution in [0, 0.1) is 5.92 Å². The average molecular weight is 267 g/mol.